The Hall–Kier alpha value is -5.61. The number of rotatable bonds is 81. The van der Waals surface area contributed by atoms with Crippen molar-refractivity contribution in [3.63, 3.8) is 0 Å². The highest BCUT2D eigenvalue weighted by Crippen LogP contribution is 2.45. The average molecular weight is 1620 g/mol. The molecule has 0 aromatic rings. The molecule has 0 rings (SSSR count). The first kappa shape index (κ1) is 107. The topological polar surface area (TPSA) is 231 Å². The van der Waals surface area contributed by atoms with E-state index in [1.54, 1.807) is 0 Å². The molecule has 0 aliphatic heterocycles. The second-order valence-electron chi connectivity index (χ2n) is 28.6. The highest BCUT2D eigenvalue weighted by atomic mass is 31.2. The molecular weight excluding hydrogens is 1460 g/mol. The summed E-state index contributed by atoms with van der Waals surface area (Å²) >= 11 is 0. The molecule has 0 spiro atoms. The van der Waals surface area contributed by atoms with Gasteiger partial charge in [0.05, 0.1) is 26.4 Å². The summed E-state index contributed by atoms with van der Waals surface area (Å²) in [7, 11) is -9.83. The molecule has 0 bridgehead atoms. The summed E-state index contributed by atoms with van der Waals surface area (Å²) in [5, 5.41) is 20.7. The van der Waals surface area contributed by atoms with Gasteiger partial charge in [-0.3, -0.25) is 32.5 Å². The summed E-state index contributed by atoms with van der Waals surface area (Å²) in [5.41, 5.74) is 0. The molecular formula is C95H156O16P2. The zero-order chi connectivity index (χ0) is 82.2. The number of hydrogen-bond acceptors (Lipinski definition) is 14. The van der Waals surface area contributed by atoms with Gasteiger partial charge in [-0.05, 0) is 167 Å². The highest BCUT2D eigenvalue weighted by Gasteiger charge is 2.29. The fourth-order valence-electron chi connectivity index (χ4n) is 11.2. The van der Waals surface area contributed by atoms with Crippen LogP contribution in [0.4, 0.5) is 0 Å². The van der Waals surface area contributed by atoms with E-state index in [1.165, 1.54) is 103 Å². The Morgan fingerprint density at radius 2 is 0.469 bits per heavy atom. The van der Waals surface area contributed by atoms with Crippen molar-refractivity contribution in [2.45, 2.75) is 347 Å². The van der Waals surface area contributed by atoms with Crippen LogP contribution in [0.25, 0.3) is 0 Å². The van der Waals surface area contributed by atoms with Crippen LogP contribution < -0.4 is 0 Å². The maximum Gasteiger partial charge on any atom is 0.472 e. The van der Waals surface area contributed by atoms with Gasteiger partial charge in [0.2, 0.25) is 0 Å². The lowest BCUT2D eigenvalue weighted by Gasteiger charge is -2.21. The number of aliphatic hydroxyl groups is 2. The minimum Gasteiger partial charge on any atom is -0.463 e. The summed E-state index contributed by atoms with van der Waals surface area (Å²) in [6.45, 7) is 2.36. The van der Waals surface area contributed by atoms with Crippen LogP contribution in [-0.4, -0.2) is 95.9 Å². The van der Waals surface area contributed by atoms with Gasteiger partial charge in [0.1, 0.15) is 25.4 Å². The average Bonchev–Trinajstić information content (AvgIpc) is 0.899. The smallest absolute Gasteiger partial charge is 0.463 e. The van der Waals surface area contributed by atoms with Crippen molar-refractivity contribution in [3.05, 3.63) is 194 Å². The van der Waals surface area contributed by atoms with E-state index in [1.807, 2.05) is 0 Å². The number of unbranched alkanes of at least 4 members (excludes halogenated alkanes) is 26. The molecule has 0 fully saturated rings. The fourth-order valence-corrected chi connectivity index (χ4v) is 12.8. The normalized spacial score (nSPS) is 14.8. The Kier molecular flexibility index (Phi) is 81.5. The molecule has 0 radical (unpaired) electrons. The maximum atomic E-state index is 13.0. The van der Waals surface area contributed by atoms with Crippen molar-refractivity contribution in [1.29, 1.82) is 0 Å². The Balaban J connectivity index is 4.57. The second kappa shape index (κ2) is 85.8. The van der Waals surface area contributed by atoms with E-state index in [4.69, 9.17) is 32.3 Å². The predicted octanol–water partition coefficient (Wildman–Crippen LogP) is 26.7. The van der Waals surface area contributed by atoms with E-state index < -0.39 is 91.5 Å². The van der Waals surface area contributed by atoms with E-state index in [-0.39, 0.29) is 19.3 Å². The third kappa shape index (κ3) is 87.1. The zero-order valence-corrected chi connectivity index (χ0v) is 72.3. The van der Waals surface area contributed by atoms with Gasteiger partial charge in [-0.1, -0.05) is 337 Å². The SMILES string of the molecule is CC/C=C\C/C=C\C/C=C\C/C=C\C/C=C\C/C=C\CCCCCCCCCCCCCCCCCCC(=O)OCC(O)COP(=O)(O)OCC(O)COP(=O)(O)OCC(COC(=O)CCCC/C=C\C/C=C\C/C=C\C/C=C\C/C=C\C/C=C\CC)OC(=O)CCCCCCC/C=C\C/C=C\C/C=C\C/C=C\CCCCC. The molecule has 0 aliphatic rings. The summed E-state index contributed by atoms with van der Waals surface area (Å²) in [6.07, 6.45) is 113. The van der Waals surface area contributed by atoms with Gasteiger partial charge in [-0.2, -0.15) is 0 Å². The first-order chi connectivity index (χ1) is 55.2. The van der Waals surface area contributed by atoms with Crippen LogP contribution in [0.5, 0.6) is 0 Å². The maximum absolute atomic E-state index is 13.0. The predicted molar refractivity (Wildman–Crippen MR) is 472 cm³/mol. The summed E-state index contributed by atoms with van der Waals surface area (Å²) < 4.78 is 61.3. The molecule has 0 heterocycles. The number of allylic oxidation sites excluding steroid dienone is 32. The van der Waals surface area contributed by atoms with Crippen LogP contribution in [0, 0.1) is 0 Å². The molecule has 5 atom stereocenters. The zero-order valence-electron chi connectivity index (χ0n) is 70.5. The molecule has 0 aromatic heterocycles. The quantitative estimate of drug-likeness (QED) is 0.0146. The van der Waals surface area contributed by atoms with Gasteiger partial charge in [-0.25, -0.2) is 9.13 Å². The molecule has 0 aliphatic carbocycles. The van der Waals surface area contributed by atoms with Gasteiger partial charge in [0.25, 0.3) is 0 Å². The van der Waals surface area contributed by atoms with Crippen molar-refractivity contribution in [2.75, 3.05) is 39.6 Å². The molecule has 0 amide bonds. The molecule has 18 heteroatoms. The molecule has 0 saturated heterocycles. The third-order valence-electron chi connectivity index (χ3n) is 17.8. The number of phosphoric acid groups is 2. The molecule has 5 unspecified atom stereocenters. The van der Waals surface area contributed by atoms with E-state index in [0.717, 1.165) is 167 Å². The van der Waals surface area contributed by atoms with Gasteiger partial charge in [-0.15, -0.1) is 0 Å². The number of phosphoric ester groups is 2. The largest absolute Gasteiger partial charge is 0.472 e. The van der Waals surface area contributed by atoms with Crippen molar-refractivity contribution in [2.24, 2.45) is 0 Å². The minimum absolute atomic E-state index is 0.0669. The van der Waals surface area contributed by atoms with Crippen molar-refractivity contribution in [1.82, 2.24) is 0 Å². The third-order valence-corrected chi connectivity index (χ3v) is 19.7. The van der Waals surface area contributed by atoms with Gasteiger partial charge >= 0.3 is 33.6 Å². The number of aliphatic hydroxyl groups excluding tert-OH is 2. The van der Waals surface area contributed by atoms with E-state index in [2.05, 4.69) is 215 Å². The Labute approximate surface area is 687 Å². The lowest BCUT2D eigenvalue weighted by Crippen LogP contribution is -2.30. The first-order valence-corrected chi connectivity index (χ1v) is 46.7. The first-order valence-electron chi connectivity index (χ1n) is 43.7. The van der Waals surface area contributed by atoms with Crippen LogP contribution in [0.2, 0.25) is 0 Å². The molecule has 16 nitrogen and oxygen atoms in total. The van der Waals surface area contributed by atoms with Crippen LogP contribution >= 0.6 is 15.6 Å². The second-order valence-corrected chi connectivity index (χ2v) is 31.5. The highest BCUT2D eigenvalue weighted by molar-refractivity contribution is 7.47. The van der Waals surface area contributed by atoms with Gasteiger partial charge < -0.3 is 34.2 Å². The van der Waals surface area contributed by atoms with Crippen molar-refractivity contribution in [3.8, 4) is 0 Å². The molecule has 4 N–H and O–H groups in total. The Bertz CT molecular complexity index is 2830. The van der Waals surface area contributed by atoms with Crippen LogP contribution in [0.15, 0.2) is 194 Å². The van der Waals surface area contributed by atoms with Crippen molar-refractivity contribution >= 4 is 33.6 Å². The van der Waals surface area contributed by atoms with Gasteiger partial charge in [0.15, 0.2) is 6.10 Å². The number of carbonyl (C=O) groups is 3. The van der Waals surface area contributed by atoms with Crippen LogP contribution in [-0.2, 0) is 55.8 Å². The number of hydrogen-bond donors (Lipinski definition) is 4. The Morgan fingerprint density at radius 1 is 0.257 bits per heavy atom. The fraction of sp³-hybridized carbons (Fsp3) is 0.632. The van der Waals surface area contributed by atoms with E-state index >= 15 is 0 Å². The van der Waals surface area contributed by atoms with Crippen molar-refractivity contribution < 1.29 is 75.8 Å². The Morgan fingerprint density at radius 3 is 0.761 bits per heavy atom. The molecule has 642 valence electrons. The summed E-state index contributed by atoms with van der Waals surface area (Å²) in [6, 6.07) is 0. The van der Waals surface area contributed by atoms with Gasteiger partial charge in [0, 0.05) is 19.3 Å². The molecule has 0 aromatic carbocycles. The monoisotopic (exact) mass is 1620 g/mol. The number of carbonyl (C=O) groups excluding carboxylic acids is 3. The van der Waals surface area contributed by atoms with Crippen LogP contribution in [0.3, 0.4) is 0 Å². The minimum atomic E-state index is -4.96. The van der Waals surface area contributed by atoms with Crippen LogP contribution in [0.1, 0.15) is 329 Å². The lowest BCUT2D eigenvalue weighted by atomic mass is 10.0. The van der Waals surface area contributed by atoms with E-state index in [0.29, 0.717) is 19.3 Å². The molecule has 113 heavy (non-hydrogen) atoms. The summed E-state index contributed by atoms with van der Waals surface area (Å²) in [4.78, 5) is 58.8. The number of esters is 3. The molecule has 0 saturated carbocycles. The standard InChI is InChI=1S/C95H156O16P2/c1-4-7-10-13-16-19-22-25-28-31-34-37-38-39-40-41-42-43-44-45-46-47-48-49-50-53-55-57-60-63-66-69-72-75-78-81-93(98)105-84-90(96)85-107-112(101,102)108-86-91(97)87-109-113(103,104)110-89-92(111-95(100)83-80-77-74-71-68-65-62-59-56-52-36-33-30-27-24-21-18-15-12-9-6-3)88-106-94(99)82-79-76-73-70-67-64-61-58-54-51-35-32-29-26-23-20-17-14-11-8-5-2/h7-8,10-11,16-21,25-30,34-37,39-40,42-43,51-52,58-59,61-62,67,70,90-92,96-97H,4-6,9,12-15,22-24,31-33,38,41,44-50,53-57,60,63-66,68-69,71-89H2,1-3H3,(H,101,102)(H,103,104)/b10-7-,11-8-,19-16-,20-17-,21-18-,28-25-,29-26-,30-27-,37-34-,40-39-,43-42-,51-35-,52-36-,61-58-,62-59-,70-67-. The summed E-state index contributed by atoms with van der Waals surface area (Å²) in [5.74, 6) is -1.65. The van der Waals surface area contributed by atoms with E-state index in [9.17, 15) is 43.5 Å². The number of ether oxygens (including phenoxy) is 3. The lowest BCUT2D eigenvalue weighted by molar-refractivity contribution is -0.161.